The number of pyridine rings is 2. The molecule has 1 fully saturated rings. The minimum Gasteiger partial charge on any atom is -0.369 e. The fourth-order valence-electron chi connectivity index (χ4n) is 5.31. The number of benzene rings is 1. The molecule has 180 valence electrons. The van der Waals surface area contributed by atoms with Crippen LogP contribution in [0.5, 0.6) is 0 Å². The Hall–Kier alpha value is -3.72. The summed E-state index contributed by atoms with van der Waals surface area (Å²) in [6.07, 6.45) is 10.2. The molecule has 4 heterocycles. The maximum Gasteiger partial charge on any atom is 0.266 e. The van der Waals surface area contributed by atoms with Crippen molar-refractivity contribution in [2.45, 2.75) is 25.7 Å². The largest absolute Gasteiger partial charge is 0.369 e. The van der Waals surface area contributed by atoms with Crippen LogP contribution in [0.3, 0.4) is 0 Å². The van der Waals surface area contributed by atoms with Crippen molar-refractivity contribution in [2.75, 3.05) is 0 Å². The fraction of sp³-hybridized carbons (Fsp3) is 0.222. The molecule has 2 aromatic heterocycles. The van der Waals surface area contributed by atoms with Gasteiger partial charge in [-0.2, -0.15) is 10.8 Å². The Balaban J connectivity index is 1.42. The van der Waals surface area contributed by atoms with Gasteiger partial charge in [0.15, 0.2) is 0 Å². The SMILES string of the molecule is NC(=O)C1CCC(C2=C3C=NC=C[N+]3(N)C(c3cc4nc(-c5ccccn5)ccc4cc3Cl)=N2)CC1. The molecule has 9 heteroatoms. The first-order valence-corrected chi connectivity index (χ1v) is 12.4. The molecule has 2 aliphatic heterocycles. The van der Waals surface area contributed by atoms with Gasteiger partial charge in [0.05, 0.1) is 39.9 Å². The number of primary amides is 1. The van der Waals surface area contributed by atoms with E-state index in [0.717, 1.165) is 64.9 Å². The highest BCUT2D eigenvalue weighted by Gasteiger charge is 2.47. The lowest BCUT2D eigenvalue weighted by molar-refractivity contribution is -0.750. The Bertz CT molecular complexity index is 1500. The summed E-state index contributed by atoms with van der Waals surface area (Å²) >= 11 is 6.81. The third kappa shape index (κ3) is 3.74. The highest BCUT2D eigenvalue weighted by atomic mass is 35.5. The van der Waals surface area contributed by atoms with E-state index in [4.69, 9.17) is 33.2 Å². The average Bonchev–Trinajstić information content (AvgIpc) is 3.21. The predicted molar refractivity (Wildman–Crippen MR) is 140 cm³/mol. The highest BCUT2D eigenvalue weighted by Crippen LogP contribution is 2.42. The number of aliphatic imine (C=N–C) groups is 2. The highest BCUT2D eigenvalue weighted by molar-refractivity contribution is 6.34. The molecule has 6 rings (SSSR count). The number of carbonyl (C=O) groups excluding carboxylic acids is 1. The van der Waals surface area contributed by atoms with Crippen LogP contribution in [0.4, 0.5) is 0 Å². The summed E-state index contributed by atoms with van der Waals surface area (Å²) in [4.78, 5) is 30.4. The average molecular weight is 499 g/mol. The van der Waals surface area contributed by atoms with E-state index in [1.54, 1.807) is 18.6 Å². The standard InChI is InChI=1S/C27H24ClN7O/c28-20-13-18-8-9-22(21-3-1-2-10-32-21)33-23(18)14-19(20)27-34-25(24-15-31-11-12-35(24,27)30)16-4-6-17(7-5-16)26(29)36/h1-3,8-17H,4-7,30H2,(H-,29,36)/p+1. The van der Waals surface area contributed by atoms with Crippen LogP contribution in [0.25, 0.3) is 22.3 Å². The van der Waals surface area contributed by atoms with Gasteiger partial charge in [-0.1, -0.05) is 23.7 Å². The number of nitrogens with two attached hydrogens (primary N) is 2. The van der Waals surface area contributed by atoms with E-state index in [-0.39, 0.29) is 22.3 Å². The fourth-order valence-corrected chi connectivity index (χ4v) is 5.57. The summed E-state index contributed by atoms with van der Waals surface area (Å²) in [7, 11) is 0. The predicted octanol–water partition coefficient (Wildman–Crippen LogP) is 4.46. The van der Waals surface area contributed by atoms with Crippen LogP contribution in [0.2, 0.25) is 5.02 Å². The van der Waals surface area contributed by atoms with E-state index in [1.807, 2.05) is 48.7 Å². The molecule has 4 N–H and O–H groups in total. The molecule has 0 bridgehead atoms. The Morgan fingerprint density at radius 1 is 1.06 bits per heavy atom. The van der Waals surface area contributed by atoms with Crippen LogP contribution >= 0.6 is 11.6 Å². The van der Waals surface area contributed by atoms with Gasteiger partial charge in [0.1, 0.15) is 11.9 Å². The first-order chi connectivity index (χ1) is 17.4. The van der Waals surface area contributed by atoms with E-state index in [0.29, 0.717) is 10.9 Å². The third-order valence-corrected chi connectivity index (χ3v) is 7.60. The zero-order chi connectivity index (χ0) is 24.9. The number of aromatic nitrogens is 2. The Labute approximate surface area is 213 Å². The molecule has 0 spiro atoms. The first-order valence-electron chi connectivity index (χ1n) is 12.0. The number of amides is 1. The van der Waals surface area contributed by atoms with E-state index in [2.05, 4.69) is 9.98 Å². The number of halogens is 1. The molecule has 1 aromatic carbocycles. The van der Waals surface area contributed by atoms with Gasteiger partial charge in [-0.3, -0.25) is 14.8 Å². The summed E-state index contributed by atoms with van der Waals surface area (Å²) in [5.74, 6) is 7.43. The first kappa shape index (κ1) is 22.7. The molecular weight excluding hydrogens is 474 g/mol. The number of carbonyl (C=O) groups is 1. The number of nitrogens with zero attached hydrogens (tertiary/aromatic N) is 5. The van der Waals surface area contributed by atoms with Crippen molar-refractivity contribution >= 4 is 40.5 Å². The van der Waals surface area contributed by atoms with Crippen molar-refractivity contribution in [3.05, 3.63) is 83.0 Å². The van der Waals surface area contributed by atoms with Gasteiger partial charge < -0.3 is 5.73 Å². The third-order valence-electron chi connectivity index (χ3n) is 7.29. The van der Waals surface area contributed by atoms with Crippen LogP contribution in [0.15, 0.2) is 82.4 Å². The molecule has 0 radical (unpaired) electrons. The van der Waals surface area contributed by atoms with E-state index >= 15 is 0 Å². The Morgan fingerprint density at radius 2 is 1.89 bits per heavy atom. The lowest BCUT2D eigenvalue weighted by atomic mass is 9.80. The van der Waals surface area contributed by atoms with Gasteiger partial charge in [0, 0.05) is 23.4 Å². The molecule has 1 aliphatic carbocycles. The van der Waals surface area contributed by atoms with Crippen molar-refractivity contribution < 1.29 is 9.39 Å². The van der Waals surface area contributed by atoms with Crippen molar-refractivity contribution in [1.29, 1.82) is 0 Å². The van der Waals surface area contributed by atoms with Gasteiger partial charge in [0.2, 0.25) is 11.6 Å². The second-order valence-electron chi connectivity index (χ2n) is 9.45. The van der Waals surface area contributed by atoms with E-state index in [9.17, 15) is 4.79 Å². The van der Waals surface area contributed by atoms with E-state index < -0.39 is 0 Å². The van der Waals surface area contributed by atoms with Gasteiger partial charge in [-0.05, 0) is 56.0 Å². The van der Waals surface area contributed by atoms with Crippen LogP contribution in [-0.2, 0) is 4.79 Å². The minimum absolute atomic E-state index is 0.0805. The number of fused-ring (bicyclic) bond motifs is 2. The molecule has 1 amide bonds. The summed E-state index contributed by atoms with van der Waals surface area (Å²) in [5, 5.41) is 1.46. The van der Waals surface area contributed by atoms with Gasteiger partial charge >= 0.3 is 0 Å². The Kier molecular flexibility index (Phi) is 5.52. The molecule has 1 atom stereocenters. The summed E-state index contributed by atoms with van der Waals surface area (Å²) in [6.45, 7) is 0. The van der Waals surface area contributed by atoms with Crippen molar-refractivity contribution in [1.82, 2.24) is 9.97 Å². The monoisotopic (exact) mass is 498 g/mol. The van der Waals surface area contributed by atoms with Crippen molar-refractivity contribution in [3.63, 3.8) is 0 Å². The topological polar surface area (TPSA) is 120 Å². The normalized spacial score (nSPS) is 25.2. The molecule has 3 aliphatic rings. The molecular formula is C27H25ClN7O+. The Morgan fingerprint density at radius 3 is 2.64 bits per heavy atom. The van der Waals surface area contributed by atoms with Crippen LogP contribution in [0, 0.1) is 11.8 Å². The molecule has 1 unspecified atom stereocenters. The molecule has 36 heavy (non-hydrogen) atoms. The summed E-state index contributed by atoms with van der Waals surface area (Å²) < 4.78 is -0.111. The maximum atomic E-state index is 11.7. The zero-order valence-corrected chi connectivity index (χ0v) is 20.3. The minimum atomic E-state index is -0.228. The number of rotatable bonds is 4. The van der Waals surface area contributed by atoms with Crippen LogP contribution in [0.1, 0.15) is 31.2 Å². The number of allylic oxidation sites excluding steroid dienone is 2. The number of quaternary nitrogens is 1. The smallest absolute Gasteiger partial charge is 0.266 e. The summed E-state index contributed by atoms with van der Waals surface area (Å²) in [6, 6.07) is 13.5. The van der Waals surface area contributed by atoms with E-state index in [1.165, 1.54) is 0 Å². The quantitative estimate of drug-likeness (QED) is 0.407. The maximum absolute atomic E-state index is 11.7. The second kappa shape index (κ2) is 8.74. The number of hydrogen-bond acceptors (Lipinski definition) is 6. The zero-order valence-electron chi connectivity index (χ0n) is 19.5. The molecule has 1 saturated carbocycles. The lowest BCUT2D eigenvalue weighted by Crippen LogP contribution is -2.53. The number of hydrogen-bond donors (Lipinski definition) is 2. The lowest BCUT2D eigenvalue weighted by Gasteiger charge is -2.28. The van der Waals surface area contributed by atoms with Gasteiger partial charge in [-0.25, -0.2) is 4.98 Å². The van der Waals surface area contributed by atoms with Crippen LogP contribution in [-0.4, -0.2) is 32.5 Å². The molecule has 0 saturated heterocycles. The number of amidine groups is 1. The van der Waals surface area contributed by atoms with Crippen LogP contribution < -0.4 is 11.6 Å². The van der Waals surface area contributed by atoms with Crippen molar-refractivity contribution in [3.8, 4) is 11.4 Å². The van der Waals surface area contributed by atoms with Crippen molar-refractivity contribution in [2.24, 2.45) is 33.4 Å². The van der Waals surface area contributed by atoms with Gasteiger partial charge in [-0.15, -0.1) is 4.59 Å². The summed E-state index contributed by atoms with van der Waals surface area (Å²) in [5.41, 5.74) is 10.3. The second-order valence-corrected chi connectivity index (χ2v) is 9.85. The molecule has 8 nitrogen and oxygen atoms in total. The van der Waals surface area contributed by atoms with Gasteiger partial charge in [0.25, 0.3) is 5.84 Å². The molecule has 3 aromatic rings.